The summed E-state index contributed by atoms with van der Waals surface area (Å²) in [6, 6.07) is 10.2. The Morgan fingerprint density at radius 2 is 1.54 bits per heavy atom. The van der Waals surface area contributed by atoms with E-state index in [-0.39, 0.29) is 5.91 Å². The number of hydrogen-bond acceptors (Lipinski definition) is 4. The number of carbonyl (C=O) groups is 2. The number of benzene rings is 2. The molecule has 6 nitrogen and oxygen atoms in total. The maximum absolute atomic E-state index is 12.2. The predicted molar refractivity (Wildman–Crippen MR) is 90.4 cm³/mol. The van der Waals surface area contributed by atoms with E-state index < -0.39 is 5.91 Å². The summed E-state index contributed by atoms with van der Waals surface area (Å²) in [5.74, 6) is 0.138. The zero-order chi connectivity index (χ0) is 17.7. The second kappa shape index (κ2) is 7.50. The average Bonchev–Trinajstić information content (AvgIpc) is 2.60. The van der Waals surface area contributed by atoms with Gasteiger partial charge in [-0.2, -0.15) is 0 Å². The summed E-state index contributed by atoms with van der Waals surface area (Å²) in [6.45, 7) is 3.79. The molecule has 0 atom stereocenters. The molecule has 0 aromatic heterocycles. The van der Waals surface area contributed by atoms with Crippen LogP contribution in [0.4, 0.5) is 0 Å². The van der Waals surface area contributed by atoms with Gasteiger partial charge < -0.3 is 9.47 Å². The highest BCUT2D eigenvalue weighted by Gasteiger charge is 2.13. The van der Waals surface area contributed by atoms with Crippen LogP contribution in [0.5, 0.6) is 11.5 Å². The van der Waals surface area contributed by atoms with Gasteiger partial charge in [0.25, 0.3) is 11.8 Å². The van der Waals surface area contributed by atoms with Gasteiger partial charge in [0.1, 0.15) is 0 Å². The Morgan fingerprint density at radius 3 is 2.21 bits per heavy atom. The number of ether oxygens (including phenoxy) is 2. The minimum absolute atomic E-state index is 0.342. The summed E-state index contributed by atoms with van der Waals surface area (Å²) in [4.78, 5) is 24.4. The Morgan fingerprint density at radius 1 is 0.875 bits per heavy atom. The second-order valence-electron chi connectivity index (χ2n) is 5.23. The van der Waals surface area contributed by atoms with E-state index in [9.17, 15) is 9.59 Å². The fourth-order valence-corrected chi connectivity index (χ4v) is 2.23. The maximum atomic E-state index is 12.2. The van der Waals surface area contributed by atoms with Crippen molar-refractivity contribution in [2.45, 2.75) is 13.8 Å². The Kier molecular flexibility index (Phi) is 5.42. The molecular formula is C18H20N2O4. The van der Waals surface area contributed by atoms with Gasteiger partial charge in [-0.1, -0.05) is 12.1 Å². The molecule has 2 aromatic carbocycles. The van der Waals surface area contributed by atoms with Crippen molar-refractivity contribution in [1.82, 2.24) is 10.9 Å². The number of amides is 2. The molecule has 2 amide bonds. The molecule has 0 fully saturated rings. The molecule has 2 rings (SSSR count). The molecule has 0 aliphatic rings. The van der Waals surface area contributed by atoms with Crippen LogP contribution in [0, 0.1) is 13.8 Å². The number of rotatable bonds is 4. The molecule has 126 valence electrons. The molecule has 0 unspecified atom stereocenters. The third kappa shape index (κ3) is 3.65. The van der Waals surface area contributed by atoms with Gasteiger partial charge in [0, 0.05) is 11.1 Å². The lowest BCUT2D eigenvalue weighted by Crippen LogP contribution is -2.41. The van der Waals surface area contributed by atoms with Crippen molar-refractivity contribution < 1.29 is 19.1 Å². The summed E-state index contributed by atoms with van der Waals surface area (Å²) >= 11 is 0. The lowest BCUT2D eigenvalue weighted by atomic mass is 10.0. The van der Waals surface area contributed by atoms with E-state index in [4.69, 9.17) is 9.47 Å². The van der Waals surface area contributed by atoms with Gasteiger partial charge in [-0.3, -0.25) is 20.4 Å². The number of nitrogens with one attached hydrogen (secondary N) is 2. The first-order chi connectivity index (χ1) is 11.5. The Balaban J connectivity index is 2.08. The molecule has 0 bridgehead atoms. The predicted octanol–water partition coefficient (Wildman–Crippen LogP) is 2.40. The normalized spacial score (nSPS) is 10.0. The fourth-order valence-electron chi connectivity index (χ4n) is 2.23. The first kappa shape index (κ1) is 17.3. The third-order valence-corrected chi connectivity index (χ3v) is 3.78. The molecule has 2 N–H and O–H groups in total. The van der Waals surface area contributed by atoms with Crippen molar-refractivity contribution in [2.75, 3.05) is 14.2 Å². The van der Waals surface area contributed by atoms with Gasteiger partial charge in [0.15, 0.2) is 11.5 Å². The minimum atomic E-state index is -0.449. The molecule has 0 radical (unpaired) electrons. The SMILES string of the molecule is COc1ccc(C(=O)NNC(=O)c2cccc(C)c2C)cc1OC. The molecule has 0 saturated heterocycles. The van der Waals surface area contributed by atoms with E-state index in [1.165, 1.54) is 20.3 Å². The smallest absolute Gasteiger partial charge is 0.269 e. The van der Waals surface area contributed by atoms with Crippen LogP contribution in [0.1, 0.15) is 31.8 Å². The molecule has 6 heteroatoms. The van der Waals surface area contributed by atoms with E-state index >= 15 is 0 Å². The van der Waals surface area contributed by atoms with Gasteiger partial charge in [-0.05, 0) is 49.2 Å². The number of carbonyl (C=O) groups excluding carboxylic acids is 2. The van der Waals surface area contributed by atoms with Crippen LogP contribution in [0.3, 0.4) is 0 Å². The van der Waals surface area contributed by atoms with Gasteiger partial charge in [0.05, 0.1) is 14.2 Å². The fraction of sp³-hybridized carbons (Fsp3) is 0.222. The summed E-state index contributed by atoms with van der Waals surface area (Å²) in [7, 11) is 3.00. The molecular weight excluding hydrogens is 308 g/mol. The van der Waals surface area contributed by atoms with Crippen LogP contribution in [-0.2, 0) is 0 Å². The van der Waals surface area contributed by atoms with Crippen molar-refractivity contribution in [2.24, 2.45) is 0 Å². The van der Waals surface area contributed by atoms with Crippen molar-refractivity contribution in [3.05, 3.63) is 58.7 Å². The molecule has 2 aromatic rings. The monoisotopic (exact) mass is 328 g/mol. The molecule has 0 heterocycles. The van der Waals surface area contributed by atoms with E-state index in [1.54, 1.807) is 24.3 Å². The van der Waals surface area contributed by atoms with Crippen molar-refractivity contribution in [3.8, 4) is 11.5 Å². The van der Waals surface area contributed by atoms with Crippen molar-refractivity contribution >= 4 is 11.8 Å². The zero-order valence-electron chi connectivity index (χ0n) is 14.1. The molecule has 0 spiro atoms. The highest BCUT2D eigenvalue weighted by molar-refractivity contribution is 6.00. The molecule has 0 aliphatic carbocycles. The average molecular weight is 328 g/mol. The maximum Gasteiger partial charge on any atom is 0.269 e. The number of hydrazine groups is 1. The van der Waals surface area contributed by atoms with Gasteiger partial charge in [-0.15, -0.1) is 0 Å². The second-order valence-corrected chi connectivity index (χ2v) is 5.23. The summed E-state index contributed by atoms with van der Waals surface area (Å²) < 4.78 is 10.3. The highest BCUT2D eigenvalue weighted by Crippen LogP contribution is 2.27. The largest absolute Gasteiger partial charge is 0.493 e. The van der Waals surface area contributed by atoms with Gasteiger partial charge in [-0.25, -0.2) is 0 Å². The summed E-state index contributed by atoms with van der Waals surface area (Å²) in [6.07, 6.45) is 0. The Labute approximate surface area is 140 Å². The molecule has 0 saturated carbocycles. The topological polar surface area (TPSA) is 76.7 Å². The van der Waals surface area contributed by atoms with Gasteiger partial charge >= 0.3 is 0 Å². The minimum Gasteiger partial charge on any atom is -0.493 e. The molecule has 24 heavy (non-hydrogen) atoms. The van der Waals surface area contributed by atoms with E-state index in [1.807, 2.05) is 19.9 Å². The zero-order valence-corrected chi connectivity index (χ0v) is 14.1. The van der Waals surface area contributed by atoms with Crippen LogP contribution in [0.15, 0.2) is 36.4 Å². The van der Waals surface area contributed by atoms with Crippen LogP contribution < -0.4 is 20.3 Å². The van der Waals surface area contributed by atoms with Crippen molar-refractivity contribution in [1.29, 1.82) is 0 Å². The number of methoxy groups -OCH3 is 2. The standard InChI is InChI=1S/C18H20N2O4/c1-11-6-5-7-14(12(11)2)18(22)20-19-17(21)13-8-9-15(23-3)16(10-13)24-4/h5-10H,1-4H3,(H,19,21)(H,20,22). The lowest BCUT2D eigenvalue weighted by Gasteiger charge is -2.12. The van der Waals surface area contributed by atoms with Crippen LogP contribution >= 0.6 is 0 Å². The summed E-state index contributed by atoms with van der Waals surface area (Å²) in [5.41, 5.74) is 7.56. The number of aryl methyl sites for hydroxylation is 1. The third-order valence-electron chi connectivity index (χ3n) is 3.78. The van der Waals surface area contributed by atoms with Crippen LogP contribution in [0.25, 0.3) is 0 Å². The van der Waals surface area contributed by atoms with E-state index in [0.29, 0.717) is 22.6 Å². The molecule has 0 aliphatic heterocycles. The van der Waals surface area contributed by atoms with Crippen molar-refractivity contribution in [3.63, 3.8) is 0 Å². The first-order valence-corrected chi connectivity index (χ1v) is 7.37. The Hall–Kier alpha value is -3.02. The highest BCUT2D eigenvalue weighted by atomic mass is 16.5. The van der Waals surface area contributed by atoms with E-state index in [0.717, 1.165) is 11.1 Å². The van der Waals surface area contributed by atoms with Crippen LogP contribution in [0.2, 0.25) is 0 Å². The number of hydrogen-bond donors (Lipinski definition) is 2. The Bertz CT molecular complexity index is 772. The first-order valence-electron chi connectivity index (χ1n) is 7.37. The van der Waals surface area contributed by atoms with Gasteiger partial charge in [0.2, 0.25) is 0 Å². The van der Waals surface area contributed by atoms with Crippen LogP contribution in [-0.4, -0.2) is 26.0 Å². The lowest BCUT2D eigenvalue weighted by molar-refractivity contribution is 0.0846. The van der Waals surface area contributed by atoms with E-state index in [2.05, 4.69) is 10.9 Å². The summed E-state index contributed by atoms with van der Waals surface area (Å²) in [5, 5.41) is 0. The quantitative estimate of drug-likeness (QED) is 0.845.